The predicted octanol–water partition coefficient (Wildman–Crippen LogP) is 3.44. The molecule has 0 radical (unpaired) electrons. The molecule has 4 heteroatoms. The molecule has 1 aliphatic heterocycles. The van der Waals surface area contributed by atoms with Gasteiger partial charge < -0.3 is 10.6 Å². The molecule has 1 aromatic heterocycles. The van der Waals surface area contributed by atoms with Gasteiger partial charge in [0, 0.05) is 48.7 Å². The Morgan fingerprint density at radius 1 is 1.45 bits per heavy atom. The number of nitrogens with one attached hydrogen (secondary N) is 2. The summed E-state index contributed by atoms with van der Waals surface area (Å²) in [5.41, 5.74) is 2.76. The van der Waals surface area contributed by atoms with Crippen molar-refractivity contribution in [2.24, 2.45) is 0 Å². The molecule has 0 spiro atoms. The summed E-state index contributed by atoms with van der Waals surface area (Å²) in [6.07, 6.45) is 3.09. The minimum Gasteiger partial charge on any atom is -0.385 e. The first-order valence-corrected chi connectivity index (χ1v) is 8.15. The molecule has 20 heavy (non-hydrogen) atoms. The minimum atomic E-state index is 0.493. The van der Waals surface area contributed by atoms with Crippen LogP contribution in [0.25, 0.3) is 0 Å². The lowest BCUT2D eigenvalue weighted by atomic mass is 9.91. The maximum Gasteiger partial charge on any atom is 0.0965 e. The summed E-state index contributed by atoms with van der Waals surface area (Å²) in [4.78, 5) is 4.39. The Balaban J connectivity index is 1.55. The molecule has 3 nitrogen and oxygen atoms in total. The molecule has 1 aliphatic rings. The molecule has 0 saturated heterocycles. The fraction of sp³-hybridized carbons (Fsp3) is 0.438. The first-order valence-electron chi connectivity index (χ1n) is 7.27. The quantitative estimate of drug-likeness (QED) is 0.884. The van der Waals surface area contributed by atoms with Crippen molar-refractivity contribution in [1.29, 1.82) is 0 Å². The number of hydrogen-bond donors (Lipinski definition) is 2. The highest BCUT2D eigenvalue weighted by Gasteiger charge is 2.19. The van der Waals surface area contributed by atoms with Gasteiger partial charge in [0.05, 0.1) is 5.01 Å². The van der Waals surface area contributed by atoms with Gasteiger partial charge in [0.1, 0.15) is 0 Å². The Kier molecular flexibility index (Phi) is 4.33. The molecule has 2 atom stereocenters. The molecule has 0 bridgehead atoms. The Morgan fingerprint density at radius 3 is 3.20 bits per heavy atom. The number of benzene rings is 1. The molecule has 2 aromatic rings. The molecule has 1 aromatic carbocycles. The zero-order chi connectivity index (χ0) is 13.8. The van der Waals surface area contributed by atoms with Crippen LogP contribution in [0, 0.1) is 0 Å². The Hall–Kier alpha value is -1.39. The van der Waals surface area contributed by atoms with Crippen LogP contribution in [0.1, 0.15) is 35.8 Å². The lowest BCUT2D eigenvalue weighted by Crippen LogP contribution is -2.29. The van der Waals surface area contributed by atoms with Gasteiger partial charge in [0.15, 0.2) is 0 Å². The van der Waals surface area contributed by atoms with Crippen molar-refractivity contribution >= 4 is 17.0 Å². The van der Waals surface area contributed by atoms with Crippen LogP contribution in [0.4, 0.5) is 5.69 Å². The van der Waals surface area contributed by atoms with Gasteiger partial charge in [-0.2, -0.15) is 0 Å². The highest BCUT2D eigenvalue weighted by molar-refractivity contribution is 7.09. The number of rotatable bonds is 5. The summed E-state index contributed by atoms with van der Waals surface area (Å²) in [5, 5.41) is 10.4. The van der Waals surface area contributed by atoms with Gasteiger partial charge in [-0.05, 0) is 18.1 Å². The fourth-order valence-electron chi connectivity index (χ4n) is 2.80. The van der Waals surface area contributed by atoms with E-state index < -0.39 is 0 Å². The highest BCUT2D eigenvalue weighted by Crippen LogP contribution is 2.30. The number of hydrogen-bond acceptors (Lipinski definition) is 4. The summed E-state index contributed by atoms with van der Waals surface area (Å²) in [6, 6.07) is 8.67. The molecule has 2 heterocycles. The predicted molar refractivity (Wildman–Crippen MR) is 85.7 cm³/mol. The van der Waals surface area contributed by atoms with E-state index >= 15 is 0 Å². The van der Waals surface area contributed by atoms with Crippen molar-refractivity contribution in [3.63, 3.8) is 0 Å². The molecule has 2 N–H and O–H groups in total. The van der Waals surface area contributed by atoms with Crippen LogP contribution in [0.2, 0.25) is 0 Å². The average Bonchev–Trinajstić information content (AvgIpc) is 3.02. The van der Waals surface area contributed by atoms with E-state index in [9.17, 15) is 0 Å². The van der Waals surface area contributed by atoms with E-state index in [-0.39, 0.29) is 0 Å². The summed E-state index contributed by atoms with van der Waals surface area (Å²) < 4.78 is 0. The monoisotopic (exact) mass is 287 g/mol. The summed E-state index contributed by atoms with van der Waals surface area (Å²) in [7, 11) is 0. The van der Waals surface area contributed by atoms with Gasteiger partial charge in [-0.15, -0.1) is 11.3 Å². The molecular formula is C16H21N3S. The second kappa shape index (κ2) is 6.37. The number of para-hydroxylation sites is 1. The topological polar surface area (TPSA) is 37.0 Å². The third kappa shape index (κ3) is 3.02. The zero-order valence-corrected chi connectivity index (χ0v) is 12.6. The third-order valence-corrected chi connectivity index (χ3v) is 4.93. The van der Waals surface area contributed by atoms with Crippen molar-refractivity contribution < 1.29 is 0 Å². The fourth-order valence-corrected chi connectivity index (χ4v) is 3.50. The summed E-state index contributed by atoms with van der Waals surface area (Å²) in [5.74, 6) is 1.11. The lowest BCUT2D eigenvalue weighted by molar-refractivity contribution is 0.530. The maximum absolute atomic E-state index is 4.39. The Bertz CT molecular complexity index is 538. The molecule has 3 rings (SSSR count). The molecule has 0 amide bonds. The number of thiazole rings is 1. The largest absolute Gasteiger partial charge is 0.385 e. The van der Waals surface area contributed by atoms with Crippen molar-refractivity contribution in [2.75, 3.05) is 25.0 Å². The van der Waals surface area contributed by atoms with E-state index in [2.05, 4.69) is 52.2 Å². The number of aromatic nitrogens is 1. The van der Waals surface area contributed by atoms with Crippen LogP contribution in [-0.4, -0.2) is 24.6 Å². The van der Waals surface area contributed by atoms with Crippen LogP contribution < -0.4 is 10.6 Å². The average molecular weight is 287 g/mol. The van der Waals surface area contributed by atoms with Gasteiger partial charge in [-0.1, -0.05) is 25.1 Å². The standard InChI is InChI=1S/C16H21N3S/c1-12(16-19-8-9-20-16)10-17-11-13-6-7-18-15-5-3-2-4-14(13)15/h2-5,8-9,12-13,17-18H,6-7,10-11H2,1H3. The minimum absolute atomic E-state index is 0.493. The van der Waals surface area contributed by atoms with Crippen molar-refractivity contribution in [1.82, 2.24) is 10.3 Å². The van der Waals surface area contributed by atoms with E-state index in [4.69, 9.17) is 0 Å². The summed E-state index contributed by atoms with van der Waals surface area (Å²) in [6.45, 7) is 5.36. The Morgan fingerprint density at radius 2 is 2.35 bits per heavy atom. The molecular weight excluding hydrogens is 266 g/mol. The van der Waals surface area contributed by atoms with Crippen molar-refractivity contribution in [3.05, 3.63) is 46.4 Å². The van der Waals surface area contributed by atoms with E-state index in [0.717, 1.165) is 19.6 Å². The van der Waals surface area contributed by atoms with Crippen molar-refractivity contribution in [3.8, 4) is 0 Å². The van der Waals surface area contributed by atoms with E-state index in [1.165, 1.54) is 22.7 Å². The van der Waals surface area contributed by atoms with E-state index in [0.29, 0.717) is 11.8 Å². The molecule has 106 valence electrons. The highest BCUT2D eigenvalue weighted by atomic mass is 32.1. The van der Waals surface area contributed by atoms with Gasteiger partial charge in [-0.3, -0.25) is 0 Å². The van der Waals surface area contributed by atoms with Crippen molar-refractivity contribution in [2.45, 2.75) is 25.2 Å². The first-order chi connectivity index (χ1) is 9.84. The Labute approximate surface area is 124 Å². The molecule has 0 saturated carbocycles. The second-order valence-corrected chi connectivity index (χ2v) is 6.36. The number of anilines is 1. The van der Waals surface area contributed by atoms with E-state index in [1.807, 2.05) is 6.20 Å². The zero-order valence-electron chi connectivity index (χ0n) is 11.8. The van der Waals surface area contributed by atoms with Gasteiger partial charge >= 0.3 is 0 Å². The van der Waals surface area contributed by atoms with Crippen LogP contribution in [-0.2, 0) is 0 Å². The van der Waals surface area contributed by atoms with Gasteiger partial charge in [-0.25, -0.2) is 4.98 Å². The maximum atomic E-state index is 4.39. The van der Waals surface area contributed by atoms with Gasteiger partial charge in [0.2, 0.25) is 0 Å². The van der Waals surface area contributed by atoms with Crippen LogP contribution >= 0.6 is 11.3 Å². The number of fused-ring (bicyclic) bond motifs is 1. The van der Waals surface area contributed by atoms with Gasteiger partial charge in [0.25, 0.3) is 0 Å². The SMILES string of the molecule is CC(CNCC1CCNc2ccccc21)c1nccs1. The number of nitrogens with zero attached hydrogens (tertiary/aromatic N) is 1. The first kappa shape index (κ1) is 13.6. The normalized spacial score (nSPS) is 19.1. The lowest BCUT2D eigenvalue weighted by Gasteiger charge is -2.27. The van der Waals surface area contributed by atoms with Crippen LogP contribution in [0.15, 0.2) is 35.8 Å². The smallest absolute Gasteiger partial charge is 0.0965 e. The molecule has 2 unspecified atom stereocenters. The molecule has 0 fully saturated rings. The summed E-state index contributed by atoms with van der Waals surface area (Å²) >= 11 is 1.74. The van der Waals surface area contributed by atoms with E-state index in [1.54, 1.807) is 11.3 Å². The third-order valence-electron chi connectivity index (χ3n) is 3.92. The second-order valence-electron chi connectivity index (χ2n) is 5.43. The van der Waals surface area contributed by atoms with Crippen LogP contribution in [0.3, 0.4) is 0 Å². The molecule has 0 aliphatic carbocycles. The van der Waals surface area contributed by atoms with Crippen LogP contribution in [0.5, 0.6) is 0 Å².